The van der Waals surface area contributed by atoms with Crippen molar-refractivity contribution >= 4 is 12.0 Å². The van der Waals surface area contributed by atoms with Crippen LogP contribution >= 0.6 is 0 Å². The van der Waals surface area contributed by atoms with Gasteiger partial charge in [-0.15, -0.1) is 0 Å². The summed E-state index contributed by atoms with van der Waals surface area (Å²) in [5.41, 5.74) is 0.00716. The summed E-state index contributed by atoms with van der Waals surface area (Å²) in [4.78, 5) is 23.6. The number of phenolic OH excluding ortho intramolecular Hbond substituents is 1. The van der Waals surface area contributed by atoms with Gasteiger partial charge in [-0.25, -0.2) is 4.79 Å². The number of phenols is 1. The van der Waals surface area contributed by atoms with Crippen LogP contribution < -0.4 is 20.1 Å². The second kappa shape index (κ2) is 5.62. The summed E-state index contributed by atoms with van der Waals surface area (Å²) in [6.07, 6.45) is -6.33. The topological polar surface area (TPSA) is 178 Å². The number of carbonyl (C=O) groups excluding carboxylic acids is 1. The summed E-state index contributed by atoms with van der Waals surface area (Å²) in [6.45, 7) is -0.164. The van der Waals surface area contributed by atoms with Gasteiger partial charge >= 0.3 is 6.09 Å². The molecular weight excluding hydrogens is 352 g/mol. The van der Waals surface area contributed by atoms with Crippen LogP contribution in [0.25, 0.3) is 0 Å². The van der Waals surface area contributed by atoms with Crippen molar-refractivity contribution in [1.82, 2.24) is 10.6 Å². The normalized spacial score (nSPS) is 34.5. The Kier molecular flexibility index (Phi) is 3.61. The van der Waals surface area contributed by atoms with E-state index in [0.717, 1.165) is 0 Å². The number of rotatable bonds is 1. The third-order valence-corrected chi connectivity index (χ3v) is 5.05. The molecule has 1 fully saturated rings. The molecule has 0 spiro atoms. The fraction of sp³-hybridized carbons (Fsp3) is 0.467. The number of carboxylic acid groups (broad SMARTS) is 1. The maximum absolute atomic E-state index is 12.5. The number of fused-ring (bicyclic) bond motifs is 4. The lowest BCUT2D eigenvalue weighted by molar-refractivity contribution is -0.117. The van der Waals surface area contributed by atoms with E-state index in [0.29, 0.717) is 0 Å². The molecule has 1 aromatic carbocycles. The van der Waals surface area contributed by atoms with Crippen molar-refractivity contribution in [3.05, 3.63) is 17.2 Å². The Balaban J connectivity index is 1.90. The molecule has 0 radical (unpaired) electrons. The number of carbonyl (C=O) groups is 2. The average molecular weight is 368 g/mol. The molecule has 140 valence electrons. The number of ether oxygens (including phenoxy) is 2. The van der Waals surface area contributed by atoms with E-state index >= 15 is 0 Å². The molecule has 11 heteroatoms. The van der Waals surface area contributed by atoms with Crippen LogP contribution in [0.2, 0.25) is 0 Å². The quantitative estimate of drug-likeness (QED) is 0.297. The monoisotopic (exact) mass is 368 g/mol. The van der Waals surface area contributed by atoms with Crippen molar-refractivity contribution in [1.29, 1.82) is 0 Å². The molecule has 6 atom stereocenters. The molecule has 2 aliphatic heterocycles. The van der Waals surface area contributed by atoms with Crippen LogP contribution in [0, 0.1) is 0 Å². The fourth-order valence-electron chi connectivity index (χ4n) is 3.92. The number of hydrogen-bond acceptors (Lipinski definition) is 8. The van der Waals surface area contributed by atoms with Gasteiger partial charge in [0.15, 0.2) is 11.5 Å². The smallest absolute Gasteiger partial charge is 0.404 e. The summed E-state index contributed by atoms with van der Waals surface area (Å²) >= 11 is 0. The molecule has 7 N–H and O–H groups in total. The van der Waals surface area contributed by atoms with E-state index < -0.39 is 54.1 Å². The Hall–Kier alpha value is -2.76. The third kappa shape index (κ3) is 2.18. The Morgan fingerprint density at radius 3 is 2.62 bits per heavy atom. The predicted octanol–water partition coefficient (Wildman–Crippen LogP) is -1.95. The summed E-state index contributed by atoms with van der Waals surface area (Å²) < 4.78 is 10.4. The van der Waals surface area contributed by atoms with E-state index in [9.17, 15) is 30.0 Å². The van der Waals surface area contributed by atoms with Crippen molar-refractivity contribution < 1.29 is 44.6 Å². The number of nitrogens with one attached hydrogen (secondary N) is 2. The first-order chi connectivity index (χ1) is 12.3. The molecule has 26 heavy (non-hydrogen) atoms. The molecule has 1 saturated carbocycles. The van der Waals surface area contributed by atoms with Gasteiger partial charge in [0.05, 0.1) is 17.6 Å². The lowest BCUT2D eigenvalue weighted by Gasteiger charge is -2.48. The Bertz CT molecular complexity index is 798. The van der Waals surface area contributed by atoms with E-state index in [-0.39, 0.29) is 29.4 Å². The van der Waals surface area contributed by atoms with Crippen LogP contribution in [0.5, 0.6) is 17.2 Å². The highest BCUT2D eigenvalue weighted by Crippen LogP contribution is 2.50. The number of hydrogen-bond donors (Lipinski definition) is 7. The van der Waals surface area contributed by atoms with Crippen LogP contribution in [-0.2, 0) is 0 Å². The van der Waals surface area contributed by atoms with Gasteiger partial charge in [0, 0.05) is 5.92 Å². The highest BCUT2D eigenvalue weighted by molar-refractivity contribution is 6.01. The minimum Gasteiger partial charge on any atom is -0.504 e. The molecule has 1 aromatic rings. The van der Waals surface area contributed by atoms with Gasteiger partial charge in [0.25, 0.3) is 5.91 Å². The van der Waals surface area contributed by atoms with Crippen LogP contribution in [0.3, 0.4) is 0 Å². The van der Waals surface area contributed by atoms with Crippen molar-refractivity contribution in [3.8, 4) is 17.2 Å². The van der Waals surface area contributed by atoms with Gasteiger partial charge in [-0.3, -0.25) is 4.79 Å². The van der Waals surface area contributed by atoms with Crippen LogP contribution in [0.1, 0.15) is 21.8 Å². The Morgan fingerprint density at radius 2 is 1.92 bits per heavy atom. The fourth-order valence-corrected chi connectivity index (χ4v) is 3.92. The van der Waals surface area contributed by atoms with Gasteiger partial charge in [-0.05, 0) is 11.6 Å². The SMILES string of the molecule is O=C(O)N[C@H]1[C@H](O)[C@@H](O)[C@@H](O)[C@@H]2NC(=O)c3c(cc4c(c3O)OCO4)[C@@H]12. The second-order valence-corrected chi connectivity index (χ2v) is 6.40. The van der Waals surface area contributed by atoms with E-state index in [2.05, 4.69) is 10.6 Å². The molecule has 4 rings (SSSR count). The lowest BCUT2D eigenvalue weighted by atomic mass is 9.69. The van der Waals surface area contributed by atoms with Crippen LogP contribution in [0.4, 0.5) is 4.79 Å². The molecule has 3 aliphatic rings. The van der Waals surface area contributed by atoms with Gasteiger partial charge in [0.1, 0.15) is 18.3 Å². The van der Waals surface area contributed by atoms with Gasteiger partial charge in [-0.2, -0.15) is 0 Å². The number of benzene rings is 1. The molecule has 2 heterocycles. The van der Waals surface area contributed by atoms with E-state index in [4.69, 9.17) is 14.6 Å². The van der Waals surface area contributed by atoms with E-state index in [1.165, 1.54) is 6.07 Å². The largest absolute Gasteiger partial charge is 0.504 e. The molecular formula is C15H16N2O9. The van der Waals surface area contributed by atoms with E-state index in [1.807, 2.05) is 0 Å². The summed E-state index contributed by atoms with van der Waals surface area (Å²) in [6, 6.07) is -0.943. The summed E-state index contributed by atoms with van der Waals surface area (Å²) in [7, 11) is 0. The standard InChI is InChI=1S/C15H16N2O9/c18-9-6-3(1-4-13(9)26-2-25-4)5-7(16-14(6)22)10(19)12(21)11(20)8(5)17-15(23)24/h1,5,7-8,10-12,17-21H,2H2,(H,16,22)(H,23,24)/t5-,7-,8-,10+,11+,12+/m1/s1. The number of aliphatic hydroxyl groups is 3. The highest BCUT2D eigenvalue weighted by Gasteiger charge is 2.54. The zero-order valence-corrected chi connectivity index (χ0v) is 13.1. The summed E-state index contributed by atoms with van der Waals surface area (Å²) in [5, 5.41) is 54.7. The van der Waals surface area contributed by atoms with Crippen molar-refractivity contribution in [2.75, 3.05) is 6.79 Å². The molecule has 1 aliphatic carbocycles. The second-order valence-electron chi connectivity index (χ2n) is 6.40. The van der Waals surface area contributed by atoms with Gasteiger partial charge < -0.3 is 45.6 Å². The maximum Gasteiger partial charge on any atom is 0.404 e. The minimum absolute atomic E-state index is 0.0166. The molecule has 2 amide bonds. The third-order valence-electron chi connectivity index (χ3n) is 5.05. The minimum atomic E-state index is -1.68. The Labute approximate surface area is 145 Å². The van der Waals surface area contributed by atoms with Crippen molar-refractivity contribution in [2.45, 2.75) is 36.3 Å². The van der Waals surface area contributed by atoms with Crippen molar-refractivity contribution in [3.63, 3.8) is 0 Å². The first kappa shape index (κ1) is 16.7. The molecule has 11 nitrogen and oxygen atoms in total. The zero-order chi connectivity index (χ0) is 18.7. The van der Waals surface area contributed by atoms with Crippen molar-refractivity contribution in [2.24, 2.45) is 0 Å². The molecule has 0 bridgehead atoms. The molecule has 0 unspecified atom stereocenters. The number of amides is 2. The average Bonchev–Trinajstić information content (AvgIpc) is 3.05. The van der Waals surface area contributed by atoms with Crippen LogP contribution in [0.15, 0.2) is 6.07 Å². The van der Waals surface area contributed by atoms with E-state index in [1.54, 1.807) is 0 Å². The Morgan fingerprint density at radius 1 is 1.19 bits per heavy atom. The zero-order valence-electron chi connectivity index (χ0n) is 13.1. The van der Waals surface area contributed by atoms with Gasteiger partial charge in [0.2, 0.25) is 12.5 Å². The molecule has 0 aromatic heterocycles. The lowest BCUT2D eigenvalue weighted by Crippen LogP contribution is -2.69. The number of aromatic hydroxyl groups is 1. The van der Waals surface area contributed by atoms with Gasteiger partial charge in [-0.1, -0.05) is 0 Å². The summed E-state index contributed by atoms with van der Waals surface area (Å²) in [5.74, 6) is -2.03. The molecule has 0 saturated heterocycles. The highest BCUT2D eigenvalue weighted by atomic mass is 16.7. The number of aliphatic hydroxyl groups excluding tert-OH is 3. The van der Waals surface area contributed by atoms with Crippen LogP contribution in [-0.4, -0.2) is 74.7 Å². The predicted molar refractivity (Wildman–Crippen MR) is 81.2 cm³/mol. The maximum atomic E-state index is 12.5. The first-order valence-corrected chi connectivity index (χ1v) is 7.81. The first-order valence-electron chi connectivity index (χ1n) is 7.81.